The highest BCUT2D eigenvalue weighted by molar-refractivity contribution is 9.10. The fraction of sp³-hybridized carbons (Fsp3) is 0.200. The van der Waals surface area contributed by atoms with E-state index >= 15 is 0 Å². The SMILES string of the molecule is Cl.N#Cc1ccc(C(N)C2=C(Nc3cccc(C(F)(F)F)c3)CCNC2=O)c(Br)c1. The summed E-state index contributed by atoms with van der Waals surface area (Å²) in [5, 5.41) is 14.7. The van der Waals surface area contributed by atoms with Crippen LogP contribution in [0, 0.1) is 11.3 Å². The van der Waals surface area contributed by atoms with Gasteiger partial charge in [0, 0.05) is 28.8 Å². The number of carbonyl (C=O) groups is 1. The molecule has 1 aliphatic heterocycles. The molecule has 30 heavy (non-hydrogen) atoms. The van der Waals surface area contributed by atoms with Gasteiger partial charge in [-0.2, -0.15) is 18.4 Å². The minimum atomic E-state index is -4.47. The van der Waals surface area contributed by atoms with Gasteiger partial charge in [0.25, 0.3) is 5.91 Å². The second-order valence-electron chi connectivity index (χ2n) is 6.43. The first-order chi connectivity index (χ1) is 13.7. The Balaban J connectivity index is 0.00000320. The topological polar surface area (TPSA) is 90.9 Å². The summed E-state index contributed by atoms with van der Waals surface area (Å²) >= 11 is 3.36. The van der Waals surface area contributed by atoms with Crippen molar-refractivity contribution in [2.24, 2.45) is 5.73 Å². The average Bonchev–Trinajstić information content (AvgIpc) is 2.67. The van der Waals surface area contributed by atoms with Crippen LogP contribution in [0.15, 0.2) is 58.2 Å². The number of nitrogens with zero attached hydrogens (tertiary/aromatic N) is 1. The first-order valence-corrected chi connectivity index (χ1v) is 9.40. The molecule has 1 heterocycles. The van der Waals surface area contributed by atoms with Gasteiger partial charge in [-0.1, -0.05) is 28.1 Å². The summed E-state index contributed by atoms with van der Waals surface area (Å²) in [5.41, 5.74) is 7.47. The van der Waals surface area contributed by atoms with E-state index in [0.29, 0.717) is 34.3 Å². The minimum absolute atomic E-state index is 0. The number of nitrogens with one attached hydrogen (secondary N) is 2. The highest BCUT2D eigenvalue weighted by Crippen LogP contribution is 2.34. The molecule has 1 unspecified atom stereocenters. The summed E-state index contributed by atoms with van der Waals surface area (Å²) in [6, 6.07) is 10.8. The summed E-state index contributed by atoms with van der Waals surface area (Å²) in [6.45, 7) is 0.338. The molecule has 0 saturated heterocycles. The molecule has 0 aromatic heterocycles. The maximum absolute atomic E-state index is 13.0. The van der Waals surface area contributed by atoms with Gasteiger partial charge in [0.15, 0.2) is 0 Å². The van der Waals surface area contributed by atoms with Crippen LogP contribution in [-0.2, 0) is 11.0 Å². The first-order valence-electron chi connectivity index (χ1n) is 8.61. The molecule has 2 aromatic rings. The van der Waals surface area contributed by atoms with Gasteiger partial charge in [-0.25, -0.2) is 0 Å². The third-order valence-corrected chi connectivity index (χ3v) is 5.18. The van der Waals surface area contributed by atoms with Crippen LogP contribution in [0.25, 0.3) is 0 Å². The Morgan fingerprint density at radius 2 is 1.97 bits per heavy atom. The van der Waals surface area contributed by atoms with Crippen LogP contribution >= 0.6 is 28.3 Å². The number of nitriles is 1. The lowest BCUT2D eigenvalue weighted by Crippen LogP contribution is -2.37. The zero-order valence-electron chi connectivity index (χ0n) is 15.4. The summed E-state index contributed by atoms with van der Waals surface area (Å²) in [4.78, 5) is 12.5. The number of halogens is 5. The van der Waals surface area contributed by atoms with E-state index in [0.717, 1.165) is 12.1 Å². The predicted molar refractivity (Wildman–Crippen MR) is 113 cm³/mol. The Hall–Kier alpha value is -2.54. The van der Waals surface area contributed by atoms with Crippen molar-refractivity contribution >= 4 is 39.9 Å². The van der Waals surface area contributed by atoms with Crippen LogP contribution in [0.1, 0.15) is 29.2 Å². The standard InChI is InChI=1S/C20H16BrF3N4O.ClH/c21-15-8-11(10-25)4-5-14(15)18(26)17-16(6-7-27-19(17)29)28-13-3-1-2-12(9-13)20(22,23)24;/h1-5,8-9,18,28H,6-7,26H2,(H,27,29);1H. The molecule has 10 heteroatoms. The number of rotatable bonds is 4. The lowest BCUT2D eigenvalue weighted by Gasteiger charge is -2.26. The van der Waals surface area contributed by atoms with Gasteiger partial charge in [-0.05, 0) is 35.9 Å². The number of anilines is 1. The monoisotopic (exact) mass is 500 g/mol. The highest BCUT2D eigenvalue weighted by Gasteiger charge is 2.31. The van der Waals surface area contributed by atoms with E-state index in [4.69, 9.17) is 11.0 Å². The van der Waals surface area contributed by atoms with Gasteiger partial charge in [-0.15, -0.1) is 12.4 Å². The lowest BCUT2D eigenvalue weighted by molar-refractivity contribution is -0.137. The van der Waals surface area contributed by atoms with Crippen molar-refractivity contribution in [3.63, 3.8) is 0 Å². The Bertz CT molecular complexity index is 1030. The Labute approximate surface area is 185 Å². The van der Waals surface area contributed by atoms with E-state index < -0.39 is 23.7 Å². The normalized spacial score (nSPS) is 15.0. The van der Waals surface area contributed by atoms with Crippen molar-refractivity contribution in [1.82, 2.24) is 5.32 Å². The highest BCUT2D eigenvalue weighted by atomic mass is 79.9. The third-order valence-electron chi connectivity index (χ3n) is 4.49. The summed E-state index contributed by atoms with van der Waals surface area (Å²) in [7, 11) is 0. The van der Waals surface area contributed by atoms with Gasteiger partial charge in [0.2, 0.25) is 0 Å². The van der Waals surface area contributed by atoms with Crippen LogP contribution in [0.2, 0.25) is 0 Å². The number of carbonyl (C=O) groups excluding carboxylic acids is 1. The van der Waals surface area contributed by atoms with Gasteiger partial charge >= 0.3 is 6.18 Å². The molecule has 158 valence electrons. The number of nitrogens with two attached hydrogens (primary N) is 1. The molecule has 0 saturated carbocycles. The van der Waals surface area contributed by atoms with E-state index in [2.05, 4.69) is 26.6 Å². The molecule has 2 aromatic carbocycles. The maximum atomic E-state index is 13.0. The second kappa shape index (κ2) is 9.51. The Kier molecular flexibility index (Phi) is 7.53. The molecule has 0 bridgehead atoms. The van der Waals surface area contributed by atoms with E-state index in [1.807, 2.05) is 6.07 Å². The Morgan fingerprint density at radius 3 is 2.60 bits per heavy atom. The molecule has 0 aliphatic carbocycles. The van der Waals surface area contributed by atoms with Crippen LogP contribution in [0.5, 0.6) is 0 Å². The number of hydrogen-bond donors (Lipinski definition) is 3. The van der Waals surface area contributed by atoms with Gasteiger partial charge in [0.1, 0.15) is 0 Å². The van der Waals surface area contributed by atoms with Gasteiger partial charge < -0.3 is 16.4 Å². The molecule has 1 amide bonds. The quantitative estimate of drug-likeness (QED) is 0.569. The van der Waals surface area contributed by atoms with Crippen molar-refractivity contribution in [2.45, 2.75) is 18.6 Å². The molecule has 3 rings (SSSR count). The van der Waals surface area contributed by atoms with Crippen molar-refractivity contribution in [3.05, 3.63) is 74.9 Å². The minimum Gasteiger partial charge on any atom is -0.358 e. The predicted octanol–water partition coefficient (Wildman–Crippen LogP) is 4.65. The molecule has 0 radical (unpaired) electrons. The van der Waals surface area contributed by atoms with Crippen LogP contribution in [-0.4, -0.2) is 12.5 Å². The molecule has 0 fully saturated rings. The van der Waals surface area contributed by atoms with Gasteiger partial charge in [-0.3, -0.25) is 4.79 Å². The molecular formula is C20H17BrClF3N4O. The summed E-state index contributed by atoms with van der Waals surface area (Å²) in [5.74, 6) is -0.394. The second-order valence-corrected chi connectivity index (χ2v) is 7.28. The fourth-order valence-electron chi connectivity index (χ4n) is 3.08. The maximum Gasteiger partial charge on any atom is 0.416 e. The van der Waals surface area contributed by atoms with E-state index in [1.165, 1.54) is 12.1 Å². The van der Waals surface area contributed by atoms with Crippen molar-refractivity contribution in [2.75, 3.05) is 11.9 Å². The van der Waals surface area contributed by atoms with Crippen LogP contribution in [0.3, 0.4) is 0 Å². The molecule has 1 aliphatic rings. The van der Waals surface area contributed by atoms with Crippen LogP contribution in [0.4, 0.5) is 18.9 Å². The van der Waals surface area contributed by atoms with Crippen molar-refractivity contribution < 1.29 is 18.0 Å². The third kappa shape index (κ3) is 5.14. The van der Waals surface area contributed by atoms with E-state index in [1.54, 1.807) is 18.2 Å². The average molecular weight is 502 g/mol. The molecule has 4 N–H and O–H groups in total. The Morgan fingerprint density at radius 1 is 1.23 bits per heavy atom. The summed E-state index contributed by atoms with van der Waals surface area (Å²) < 4.78 is 39.5. The lowest BCUT2D eigenvalue weighted by atomic mass is 9.93. The zero-order chi connectivity index (χ0) is 21.2. The van der Waals surface area contributed by atoms with Crippen molar-refractivity contribution in [3.8, 4) is 6.07 Å². The van der Waals surface area contributed by atoms with Crippen LogP contribution < -0.4 is 16.4 Å². The van der Waals surface area contributed by atoms with Crippen molar-refractivity contribution in [1.29, 1.82) is 5.26 Å². The van der Waals surface area contributed by atoms with E-state index in [-0.39, 0.29) is 23.7 Å². The zero-order valence-corrected chi connectivity index (χ0v) is 17.8. The number of hydrogen-bond acceptors (Lipinski definition) is 4. The summed E-state index contributed by atoms with van der Waals surface area (Å²) in [6.07, 6.45) is -4.08. The number of benzene rings is 2. The molecular weight excluding hydrogens is 485 g/mol. The smallest absolute Gasteiger partial charge is 0.358 e. The fourth-order valence-corrected chi connectivity index (χ4v) is 3.70. The number of amides is 1. The molecule has 0 spiro atoms. The number of alkyl halides is 3. The van der Waals surface area contributed by atoms with Gasteiger partial charge in [0.05, 0.1) is 28.8 Å². The van der Waals surface area contributed by atoms with E-state index in [9.17, 15) is 18.0 Å². The first kappa shape index (κ1) is 23.7. The largest absolute Gasteiger partial charge is 0.416 e. The molecule has 1 atom stereocenters. The molecule has 5 nitrogen and oxygen atoms in total.